The first-order chi connectivity index (χ1) is 10.5. The number of nitrogens with one attached hydrogen (secondary N) is 1. The Morgan fingerprint density at radius 1 is 1.09 bits per heavy atom. The van der Waals surface area contributed by atoms with Crippen LogP contribution >= 0.6 is 11.3 Å². The average Bonchev–Trinajstić information content (AvgIpc) is 2.94. The van der Waals surface area contributed by atoms with Gasteiger partial charge in [-0.1, -0.05) is 12.1 Å². The molecule has 2 aromatic rings. The SMILES string of the molecule is COCCOc1ccc(CNS(=O)(=O)c2ccc(C)s2)cc1. The lowest BCUT2D eigenvalue weighted by atomic mass is 10.2. The van der Waals surface area contributed by atoms with Crippen LogP contribution < -0.4 is 9.46 Å². The second-order valence-electron chi connectivity index (χ2n) is 4.67. The summed E-state index contributed by atoms with van der Waals surface area (Å²) in [5, 5.41) is 0. The quantitative estimate of drug-likeness (QED) is 0.750. The normalized spacial score (nSPS) is 11.5. The van der Waals surface area contributed by atoms with Crippen molar-refractivity contribution < 1.29 is 17.9 Å². The molecule has 0 aliphatic heterocycles. The molecule has 0 bridgehead atoms. The number of rotatable bonds is 8. The molecule has 120 valence electrons. The molecular formula is C15H19NO4S2. The van der Waals surface area contributed by atoms with Crippen LogP contribution in [0.4, 0.5) is 0 Å². The third-order valence-electron chi connectivity index (χ3n) is 2.93. The fraction of sp³-hybridized carbons (Fsp3) is 0.333. The number of aryl methyl sites for hydroxylation is 1. The second kappa shape index (κ2) is 7.73. The molecule has 0 fully saturated rings. The zero-order chi connectivity index (χ0) is 16.0. The predicted molar refractivity (Wildman–Crippen MR) is 86.9 cm³/mol. The Morgan fingerprint density at radius 2 is 1.82 bits per heavy atom. The van der Waals surface area contributed by atoms with Gasteiger partial charge in [-0.25, -0.2) is 13.1 Å². The van der Waals surface area contributed by atoms with Crippen LogP contribution in [-0.2, 0) is 21.3 Å². The summed E-state index contributed by atoms with van der Waals surface area (Å²) in [5.74, 6) is 0.734. The standard InChI is InChI=1S/C15H19NO4S2/c1-12-3-8-15(21-12)22(17,18)16-11-13-4-6-14(7-5-13)20-10-9-19-2/h3-8,16H,9-11H2,1-2H3. The monoisotopic (exact) mass is 341 g/mol. The van der Waals surface area contributed by atoms with Gasteiger partial charge in [0.2, 0.25) is 10.0 Å². The number of benzene rings is 1. The smallest absolute Gasteiger partial charge is 0.250 e. The fourth-order valence-electron chi connectivity index (χ4n) is 1.75. The molecule has 5 nitrogen and oxygen atoms in total. The Labute approximate surface area is 134 Å². The van der Waals surface area contributed by atoms with Crippen molar-refractivity contribution in [2.24, 2.45) is 0 Å². The van der Waals surface area contributed by atoms with Crippen LogP contribution in [0.25, 0.3) is 0 Å². The van der Waals surface area contributed by atoms with Gasteiger partial charge in [-0.2, -0.15) is 0 Å². The molecule has 1 aromatic heterocycles. The number of ether oxygens (including phenoxy) is 2. The van der Waals surface area contributed by atoms with E-state index in [4.69, 9.17) is 9.47 Å². The van der Waals surface area contributed by atoms with Crippen LogP contribution in [0.5, 0.6) is 5.75 Å². The maximum Gasteiger partial charge on any atom is 0.250 e. The van der Waals surface area contributed by atoms with Gasteiger partial charge in [0.1, 0.15) is 16.6 Å². The van der Waals surface area contributed by atoms with Crippen LogP contribution in [-0.4, -0.2) is 28.7 Å². The van der Waals surface area contributed by atoms with E-state index in [0.29, 0.717) is 17.4 Å². The van der Waals surface area contributed by atoms with Crippen LogP contribution in [0, 0.1) is 6.92 Å². The van der Waals surface area contributed by atoms with Gasteiger partial charge in [-0.3, -0.25) is 0 Å². The molecule has 0 aliphatic carbocycles. The lowest BCUT2D eigenvalue weighted by Gasteiger charge is -2.08. The lowest BCUT2D eigenvalue weighted by Crippen LogP contribution is -2.22. The van der Waals surface area contributed by atoms with Gasteiger partial charge in [0, 0.05) is 18.5 Å². The summed E-state index contributed by atoms with van der Waals surface area (Å²) < 4.78 is 37.5. The van der Waals surface area contributed by atoms with E-state index < -0.39 is 10.0 Å². The van der Waals surface area contributed by atoms with Gasteiger partial charge < -0.3 is 9.47 Å². The molecule has 0 amide bonds. The van der Waals surface area contributed by atoms with Crippen molar-refractivity contribution in [3.63, 3.8) is 0 Å². The number of thiophene rings is 1. The Morgan fingerprint density at radius 3 is 2.41 bits per heavy atom. The molecular weight excluding hydrogens is 322 g/mol. The van der Waals surface area contributed by atoms with Crippen molar-refractivity contribution in [3.8, 4) is 5.75 Å². The Balaban J connectivity index is 1.91. The van der Waals surface area contributed by atoms with Crippen LogP contribution in [0.3, 0.4) is 0 Å². The van der Waals surface area contributed by atoms with Crippen molar-refractivity contribution >= 4 is 21.4 Å². The summed E-state index contributed by atoms with van der Waals surface area (Å²) in [4.78, 5) is 0.970. The third kappa shape index (κ3) is 4.81. The van der Waals surface area contributed by atoms with E-state index in [1.165, 1.54) is 11.3 Å². The van der Waals surface area contributed by atoms with E-state index in [1.54, 1.807) is 19.2 Å². The van der Waals surface area contributed by atoms with Crippen LogP contribution in [0.2, 0.25) is 0 Å². The average molecular weight is 341 g/mol. The lowest BCUT2D eigenvalue weighted by molar-refractivity contribution is 0.146. The van der Waals surface area contributed by atoms with E-state index in [1.807, 2.05) is 31.2 Å². The van der Waals surface area contributed by atoms with Crippen molar-refractivity contribution in [1.29, 1.82) is 0 Å². The first-order valence-electron chi connectivity index (χ1n) is 6.78. The molecule has 0 aliphatic rings. The zero-order valence-corrected chi connectivity index (χ0v) is 14.2. The van der Waals surface area contributed by atoms with Gasteiger partial charge in [0.25, 0.3) is 0 Å². The van der Waals surface area contributed by atoms with Crippen molar-refractivity contribution in [2.45, 2.75) is 17.7 Å². The zero-order valence-electron chi connectivity index (χ0n) is 12.5. The first kappa shape index (κ1) is 17.0. The summed E-state index contributed by atoms with van der Waals surface area (Å²) in [6.45, 7) is 3.14. The van der Waals surface area contributed by atoms with E-state index >= 15 is 0 Å². The van der Waals surface area contributed by atoms with Crippen molar-refractivity contribution in [1.82, 2.24) is 4.72 Å². The minimum absolute atomic E-state index is 0.248. The molecule has 2 rings (SSSR count). The summed E-state index contributed by atoms with van der Waals surface area (Å²) in [5.41, 5.74) is 0.871. The number of hydrogen-bond acceptors (Lipinski definition) is 5. The fourth-order valence-corrected chi connectivity index (χ4v) is 4.10. The van der Waals surface area contributed by atoms with Gasteiger partial charge in [-0.15, -0.1) is 11.3 Å². The molecule has 0 spiro atoms. The highest BCUT2D eigenvalue weighted by Gasteiger charge is 2.15. The van der Waals surface area contributed by atoms with E-state index in [9.17, 15) is 8.42 Å². The molecule has 22 heavy (non-hydrogen) atoms. The molecule has 7 heteroatoms. The number of sulfonamides is 1. The largest absolute Gasteiger partial charge is 0.491 e. The van der Waals surface area contributed by atoms with E-state index in [0.717, 1.165) is 16.2 Å². The summed E-state index contributed by atoms with van der Waals surface area (Å²) >= 11 is 1.26. The predicted octanol–water partition coefficient (Wildman–Crippen LogP) is 2.56. The number of methoxy groups -OCH3 is 1. The first-order valence-corrected chi connectivity index (χ1v) is 9.08. The molecule has 1 N–H and O–H groups in total. The highest BCUT2D eigenvalue weighted by atomic mass is 32.2. The molecule has 0 saturated carbocycles. The minimum Gasteiger partial charge on any atom is -0.491 e. The van der Waals surface area contributed by atoms with Crippen molar-refractivity contribution in [2.75, 3.05) is 20.3 Å². The molecule has 0 saturated heterocycles. The van der Waals surface area contributed by atoms with Crippen molar-refractivity contribution in [3.05, 3.63) is 46.8 Å². The highest BCUT2D eigenvalue weighted by molar-refractivity contribution is 7.91. The van der Waals surface area contributed by atoms with Gasteiger partial charge in [0.15, 0.2) is 0 Å². The summed E-state index contributed by atoms with van der Waals surface area (Å²) in [7, 11) is -1.83. The maximum absolute atomic E-state index is 12.1. The Bertz CT molecular complexity index is 693. The third-order valence-corrected chi connectivity index (χ3v) is 5.82. The van der Waals surface area contributed by atoms with E-state index in [2.05, 4.69) is 4.72 Å². The number of hydrogen-bond donors (Lipinski definition) is 1. The minimum atomic E-state index is -3.44. The Hall–Kier alpha value is -1.41. The van der Waals surface area contributed by atoms with Gasteiger partial charge in [-0.05, 0) is 36.8 Å². The van der Waals surface area contributed by atoms with Gasteiger partial charge in [0.05, 0.1) is 6.61 Å². The molecule has 0 atom stereocenters. The molecule has 0 radical (unpaired) electrons. The van der Waals surface area contributed by atoms with Crippen LogP contribution in [0.15, 0.2) is 40.6 Å². The summed E-state index contributed by atoms with van der Waals surface area (Å²) in [6.07, 6.45) is 0. The molecule has 1 aromatic carbocycles. The molecule has 1 heterocycles. The highest BCUT2D eigenvalue weighted by Crippen LogP contribution is 2.20. The van der Waals surface area contributed by atoms with E-state index in [-0.39, 0.29) is 6.54 Å². The topological polar surface area (TPSA) is 64.6 Å². The molecule has 0 unspecified atom stereocenters. The maximum atomic E-state index is 12.1. The summed E-state index contributed by atoms with van der Waals surface area (Å²) in [6, 6.07) is 10.7. The van der Waals surface area contributed by atoms with Crippen LogP contribution in [0.1, 0.15) is 10.4 Å². The van der Waals surface area contributed by atoms with Gasteiger partial charge >= 0.3 is 0 Å². The second-order valence-corrected chi connectivity index (χ2v) is 7.96. The Kier molecular flexibility index (Phi) is 5.96.